The van der Waals surface area contributed by atoms with E-state index >= 15 is 0 Å². The predicted molar refractivity (Wildman–Crippen MR) is 109 cm³/mol. The van der Waals surface area contributed by atoms with E-state index in [1.54, 1.807) is 0 Å². The van der Waals surface area contributed by atoms with Crippen LogP contribution in [0.15, 0.2) is 78.9 Å². The first-order valence-electron chi connectivity index (χ1n) is 8.94. The molecule has 0 aromatic heterocycles. The molecule has 0 radical (unpaired) electrons. The third-order valence-corrected chi connectivity index (χ3v) is 4.72. The zero-order chi connectivity index (χ0) is 18.5. The minimum absolute atomic E-state index is 0.0230. The molecule has 130 valence electrons. The fourth-order valence-corrected chi connectivity index (χ4v) is 3.32. The molecule has 0 unspecified atom stereocenters. The number of methoxy groups -OCH3 is 1. The number of carbonyl (C=O) groups is 1. The quantitative estimate of drug-likeness (QED) is 0.526. The van der Waals surface area contributed by atoms with Gasteiger partial charge >= 0.3 is 5.97 Å². The summed E-state index contributed by atoms with van der Waals surface area (Å²) in [6.07, 6.45) is 0. The average Bonchev–Trinajstić information content (AvgIpc) is 2.69. The van der Waals surface area contributed by atoms with Gasteiger partial charge in [-0.1, -0.05) is 103 Å². The molecular weight excluding hydrogens is 319 g/mol. The van der Waals surface area contributed by atoms with Crippen LogP contribution in [-0.4, -0.2) is 19.8 Å². The summed E-state index contributed by atoms with van der Waals surface area (Å²) in [7, 11) is 1.43. The van der Waals surface area contributed by atoms with Crippen molar-refractivity contribution in [3.63, 3.8) is 0 Å². The lowest BCUT2D eigenvalue weighted by atomic mass is 9.36. The molecule has 0 bridgehead atoms. The van der Waals surface area contributed by atoms with Gasteiger partial charge in [-0.15, -0.1) is 0 Å². The van der Waals surface area contributed by atoms with Gasteiger partial charge in [-0.05, 0) is 17.5 Å². The van der Waals surface area contributed by atoms with Crippen molar-refractivity contribution >= 4 is 29.1 Å². The number of esters is 1. The second-order valence-corrected chi connectivity index (χ2v) is 6.75. The van der Waals surface area contributed by atoms with Crippen LogP contribution < -0.4 is 16.4 Å². The topological polar surface area (TPSA) is 26.3 Å². The fourth-order valence-electron chi connectivity index (χ4n) is 3.32. The van der Waals surface area contributed by atoms with E-state index in [1.165, 1.54) is 12.7 Å². The highest BCUT2D eigenvalue weighted by Gasteiger charge is 2.27. The molecule has 0 spiro atoms. The smallest absolute Gasteiger partial charge is 0.337 e. The highest BCUT2D eigenvalue weighted by molar-refractivity contribution is 6.96. The first kappa shape index (κ1) is 18.0. The molecule has 0 aliphatic carbocycles. The second-order valence-electron chi connectivity index (χ2n) is 6.75. The molecule has 0 amide bonds. The van der Waals surface area contributed by atoms with Crippen LogP contribution >= 0.6 is 0 Å². The third kappa shape index (κ3) is 3.72. The summed E-state index contributed by atoms with van der Waals surface area (Å²) in [5.41, 5.74) is 5.13. The monoisotopic (exact) mass is 342 g/mol. The molecule has 3 rings (SSSR count). The number of rotatable bonds is 5. The molecule has 0 atom stereocenters. The fraction of sp³-hybridized carbons (Fsp3) is 0.174. The lowest BCUT2D eigenvalue weighted by Crippen LogP contribution is -2.53. The Balaban J connectivity index is 2.26. The summed E-state index contributed by atoms with van der Waals surface area (Å²) in [5.74, 6) is 0.0832. The van der Waals surface area contributed by atoms with Gasteiger partial charge in [0, 0.05) is 0 Å². The van der Waals surface area contributed by atoms with E-state index < -0.39 is 0 Å². The van der Waals surface area contributed by atoms with Crippen LogP contribution in [0.2, 0.25) is 0 Å². The highest BCUT2D eigenvalue weighted by Crippen LogP contribution is 2.15. The predicted octanol–water partition coefficient (Wildman–Crippen LogP) is 3.11. The minimum atomic E-state index is -0.299. The summed E-state index contributed by atoms with van der Waals surface area (Å²) in [4.78, 5) is 12.5. The maximum atomic E-state index is 12.5. The largest absolute Gasteiger partial charge is 0.465 e. The van der Waals surface area contributed by atoms with Crippen molar-refractivity contribution in [3.8, 4) is 0 Å². The van der Waals surface area contributed by atoms with Gasteiger partial charge in [0.2, 0.25) is 6.71 Å². The van der Waals surface area contributed by atoms with E-state index in [0.29, 0.717) is 11.5 Å². The minimum Gasteiger partial charge on any atom is -0.465 e. The number of carbonyl (C=O) groups excluding carboxylic acids is 1. The number of hydrogen-bond acceptors (Lipinski definition) is 2. The van der Waals surface area contributed by atoms with E-state index in [1.807, 2.05) is 48.5 Å². The average molecular weight is 342 g/mol. The van der Waals surface area contributed by atoms with Crippen LogP contribution in [0, 0.1) is 0 Å². The van der Waals surface area contributed by atoms with Crippen LogP contribution in [0.4, 0.5) is 0 Å². The van der Waals surface area contributed by atoms with Gasteiger partial charge < -0.3 is 4.74 Å². The van der Waals surface area contributed by atoms with Gasteiger partial charge in [0.1, 0.15) is 0 Å². The van der Waals surface area contributed by atoms with E-state index in [-0.39, 0.29) is 12.7 Å². The van der Waals surface area contributed by atoms with Gasteiger partial charge in [0.05, 0.1) is 12.7 Å². The van der Waals surface area contributed by atoms with Crippen molar-refractivity contribution in [3.05, 3.63) is 90.0 Å². The zero-order valence-electron chi connectivity index (χ0n) is 15.5. The van der Waals surface area contributed by atoms with Crippen LogP contribution in [-0.2, 0) is 4.74 Å². The summed E-state index contributed by atoms with van der Waals surface area (Å²) in [5, 5.41) is 0. The molecule has 0 N–H and O–H groups in total. The summed E-state index contributed by atoms with van der Waals surface area (Å²) >= 11 is 0. The highest BCUT2D eigenvalue weighted by atomic mass is 16.5. The zero-order valence-corrected chi connectivity index (χ0v) is 15.5. The molecule has 0 aliphatic rings. The first-order valence-corrected chi connectivity index (χ1v) is 8.94. The van der Waals surface area contributed by atoms with E-state index in [2.05, 4.69) is 44.2 Å². The summed E-state index contributed by atoms with van der Waals surface area (Å²) in [6.45, 7) is 4.30. The molecule has 0 fully saturated rings. The van der Waals surface area contributed by atoms with Crippen molar-refractivity contribution in [1.29, 1.82) is 0 Å². The molecule has 3 heteroatoms. The Hall–Kier alpha value is -2.81. The van der Waals surface area contributed by atoms with Crippen molar-refractivity contribution in [2.75, 3.05) is 7.11 Å². The van der Waals surface area contributed by atoms with E-state index in [9.17, 15) is 4.79 Å². The van der Waals surface area contributed by atoms with Gasteiger partial charge in [0.15, 0.2) is 0 Å². The van der Waals surface area contributed by atoms with E-state index in [4.69, 9.17) is 4.74 Å². The maximum Gasteiger partial charge on any atom is 0.337 e. The van der Waals surface area contributed by atoms with Gasteiger partial charge in [-0.25, -0.2) is 4.79 Å². The molecule has 2 nitrogen and oxygen atoms in total. The third-order valence-electron chi connectivity index (χ3n) is 4.72. The number of ether oxygens (including phenoxy) is 1. The first-order chi connectivity index (χ1) is 12.6. The molecule has 0 saturated carbocycles. The van der Waals surface area contributed by atoms with E-state index in [0.717, 1.165) is 16.4 Å². The molecular formula is C23H23BO2. The van der Waals surface area contributed by atoms with Crippen LogP contribution in [0.25, 0.3) is 0 Å². The maximum absolute atomic E-state index is 12.5. The molecule has 3 aromatic rings. The molecule has 26 heavy (non-hydrogen) atoms. The number of hydrogen-bond donors (Lipinski definition) is 0. The van der Waals surface area contributed by atoms with Crippen LogP contribution in [0.1, 0.15) is 35.7 Å². The Kier molecular flexibility index (Phi) is 5.57. The SMILES string of the molecule is COC(=O)c1ccc(C(C)C)cc1B(c1ccccc1)c1ccccc1. The summed E-state index contributed by atoms with van der Waals surface area (Å²) in [6, 6.07) is 26.7. The standard InChI is InChI=1S/C23H23BO2/c1-17(2)18-14-15-21(23(25)26-3)22(16-18)24(19-10-6-4-7-11-19)20-12-8-5-9-13-20/h4-17H,1-3H3. The van der Waals surface area contributed by atoms with Crippen molar-refractivity contribution in [2.24, 2.45) is 0 Å². The number of benzene rings is 3. The normalized spacial score (nSPS) is 10.6. The van der Waals surface area contributed by atoms with Crippen LogP contribution in [0.5, 0.6) is 0 Å². The van der Waals surface area contributed by atoms with Crippen molar-refractivity contribution in [1.82, 2.24) is 0 Å². The molecule has 3 aromatic carbocycles. The van der Waals surface area contributed by atoms with Crippen molar-refractivity contribution < 1.29 is 9.53 Å². The lowest BCUT2D eigenvalue weighted by molar-refractivity contribution is 0.0602. The molecule has 0 heterocycles. The summed E-state index contributed by atoms with van der Waals surface area (Å²) < 4.78 is 5.06. The molecule has 0 aliphatic heterocycles. The Morgan fingerprint density at radius 1 is 0.846 bits per heavy atom. The Morgan fingerprint density at radius 3 is 1.85 bits per heavy atom. The Morgan fingerprint density at radius 2 is 1.38 bits per heavy atom. The second kappa shape index (κ2) is 8.05. The van der Waals surface area contributed by atoms with Crippen LogP contribution in [0.3, 0.4) is 0 Å². The van der Waals surface area contributed by atoms with Gasteiger partial charge in [-0.2, -0.15) is 0 Å². The van der Waals surface area contributed by atoms with Gasteiger partial charge in [0.25, 0.3) is 0 Å². The Bertz CT molecular complexity index is 834. The lowest BCUT2D eigenvalue weighted by Gasteiger charge is -2.20. The van der Waals surface area contributed by atoms with Crippen molar-refractivity contribution in [2.45, 2.75) is 19.8 Å². The molecule has 0 saturated heterocycles. The van der Waals surface area contributed by atoms with Gasteiger partial charge in [-0.3, -0.25) is 0 Å². The Labute approximate surface area is 155 Å².